The summed E-state index contributed by atoms with van der Waals surface area (Å²) in [6.45, 7) is 1.73. The molecule has 0 aliphatic rings. The van der Waals surface area contributed by atoms with Crippen LogP contribution in [0.2, 0.25) is 0 Å². The Labute approximate surface area is 94.2 Å². The lowest BCUT2D eigenvalue weighted by atomic mass is 10.1. The molecule has 0 aliphatic heterocycles. The molecule has 4 heteroatoms. The van der Waals surface area contributed by atoms with Crippen LogP contribution >= 0.6 is 0 Å². The van der Waals surface area contributed by atoms with E-state index in [0.29, 0.717) is 12.2 Å². The lowest BCUT2D eigenvalue weighted by Crippen LogP contribution is -2.28. The van der Waals surface area contributed by atoms with Crippen LogP contribution in [0, 0.1) is 5.92 Å². The number of carbonyl (C=O) groups excluding carboxylic acids is 2. The van der Waals surface area contributed by atoms with Gasteiger partial charge in [-0.05, 0) is 18.6 Å². The number of ether oxygens (including phenoxy) is 2. The Hall–Kier alpha value is -1.84. The molecule has 0 aliphatic carbocycles. The van der Waals surface area contributed by atoms with E-state index >= 15 is 0 Å². The number of methoxy groups -OCH3 is 1. The number of para-hydroxylation sites is 1. The van der Waals surface area contributed by atoms with Crippen molar-refractivity contribution in [2.24, 2.45) is 5.92 Å². The summed E-state index contributed by atoms with van der Waals surface area (Å²) < 4.78 is 9.57. The predicted octanol–water partition coefficient (Wildman–Crippen LogP) is 1.79. The van der Waals surface area contributed by atoms with Crippen molar-refractivity contribution in [3.8, 4) is 5.75 Å². The second-order valence-electron chi connectivity index (χ2n) is 3.22. The first kappa shape index (κ1) is 12.2. The standard InChI is InChI=1S/C12H14O4/c1-3-10(11(13)15-2)12(14)16-9-7-5-4-6-8-9/h4-8,10H,3H2,1-2H3. The van der Waals surface area contributed by atoms with E-state index in [0.717, 1.165) is 0 Å². The number of benzene rings is 1. The van der Waals surface area contributed by atoms with E-state index in [1.165, 1.54) is 7.11 Å². The maximum absolute atomic E-state index is 11.6. The minimum Gasteiger partial charge on any atom is -0.468 e. The number of hydrogen-bond acceptors (Lipinski definition) is 4. The zero-order chi connectivity index (χ0) is 12.0. The smallest absolute Gasteiger partial charge is 0.325 e. The van der Waals surface area contributed by atoms with Gasteiger partial charge in [0.05, 0.1) is 7.11 Å². The van der Waals surface area contributed by atoms with Crippen LogP contribution in [0.25, 0.3) is 0 Å². The minimum atomic E-state index is -0.856. The molecule has 0 spiro atoms. The van der Waals surface area contributed by atoms with Crippen LogP contribution in [0.4, 0.5) is 0 Å². The van der Waals surface area contributed by atoms with Gasteiger partial charge in [-0.25, -0.2) is 0 Å². The van der Waals surface area contributed by atoms with Crippen molar-refractivity contribution < 1.29 is 19.1 Å². The number of carbonyl (C=O) groups is 2. The topological polar surface area (TPSA) is 52.6 Å². The molecule has 1 atom stereocenters. The van der Waals surface area contributed by atoms with Gasteiger partial charge in [0.2, 0.25) is 0 Å². The third kappa shape index (κ3) is 3.08. The summed E-state index contributed by atoms with van der Waals surface area (Å²) in [5, 5.41) is 0. The van der Waals surface area contributed by atoms with Crippen molar-refractivity contribution in [1.29, 1.82) is 0 Å². The van der Waals surface area contributed by atoms with Gasteiger partial charge in [-0.3, -0.25) is 9.59 Å². The molecule has 1 rings (SSSR count). The van der Waals surface area contributed by atoms with Gasteiger partial charge in [0.1, 0.15) is 5.75 Å². The Kier molecular flexibility index (Phi) is 4.51. The summed E-state index contributed by atoms with van der Waals surface area (Å²) >= 11 is 0. The number of rotatable bonds is 4. The fraction of sp³-hybridized carbons (Fsp3) is 0.333. The van der Waals surface area contributed by atoms with Gasteiger partial charge in [-0.2, -0.15) is 0 Å². The second kappa shape index (κ2) is 5.90. The zero-order valence-corrected chi connectivity index (χ0v) is 9.30. The second-order valence-corrected chi connectivity index (χ2v) is 3.22. The van der Waals surface area contributed by atoms with Crippen LogP contribution in [0.15, 0.2) is 30.3 Å². The molecule has 0 heterocycles. The molecular weight excluding hydrogens is 208 g/mol. The Morgan fingerprint density at radius 1 is 1.19 bits per heavy atom. The monoisotopic (exact) mass is 222 g/mol. The first-order valence-corrected chi connectivity index (χ1v) is 5.03. The lowest BCUT2D eigenvalue weighted by molar-refractivity contribution is -0.155. The Morgan fingerprint density at radius 3 is 2.31 bits per heavy atom. The average molecular weight is 222 g/mol. The van der Waals surface area contributed by atoms with E-state index in [2.05, 4.69) is 4.74 Å². The molecule has 0 bridgehead atoms. The molecule has 0 fully saturated rings. The Morgan fingerprint density at radius 2 is 1.81 bits per heavy atom. The highest BCUT2D eigenvalue weighted by molar-refractivity contribution is 5.95. The van der Waals surface area contributed by atoms with E-state index in [1.54, 1.807) is 31.2 Å². The summed E-state index contributed by atoms with van der Waals surface area (Å²) in [5.41, 5.74) is 0. The molecule has 0 saturated heterocycles. The predicted molar refractivity (Wildman–Crippen MR) is 57.9 cm³/mol. The van der Waals surface area contributed by atoms with Crippen LogP contribution in [0.5, 0.6) is 5.75 Å². The van der Waals surface area contributed by atoms with Crippen molar-refractivity contribution in [2.45, 2.75) is 13.3 Å². The van der Waals surface area contributed by atoms with E-state index in [1.807, 2.05) is 6.07 Å². The van der Waals surface area contributed by atoms with E-state index in [-0.39, 0.29) is 0 Å². The molecule has 0 N–H and O–H groups in total. The first-order valence-electron chi connectivity index (χ1n) is 5.03. The van der Waals surface area contributed by atoms with Gasteiger partial charge in [0, 0.05) is 0 Å². The largest absolute Gasteiger partial charge is 0.468 e. The van der Waals surface area contributed by atoms with Gasteiger partial charge in [0.25, 0.3) is 0 Å². The number of esters is 2. The molecule has 0 amide bonds. The molecule has 86 valence electrons. The van der Waals surface area contributed by atoms with Crippen molar-refractivity contribution in [3.63, 3.8) is 0 Å². The molecule has 1 unspecified atom stereocenters. The first-order chi connectivity index (χ1) is 7.69. The minimum absolute atomic E-state index is 0.359. The molecule has 1 aromatic carbocycles. The summed E-state index contributed by atoms with van der Waals surface area (Å²) in [6.07, 6.45) is 0.359. The Bertz CT molecular complexity index is 359. The summed E-state index contributed by atoms with van der Waals surface area (Å²) in [6, 6.07) is 8.63. The van der Waals surface area contributed by atoms with E-state index < -0.39 is 17.9 Å². The van der Waals surface area contributed by atoms with Crippen LogP contribution in [-0.2, 0) is 14.3 Å². The van der Waals surface area contributed by atoms with Crippen molar-refractivity contribution in [2.75, 3.05) is 7.11 Å². The van der Waals surface area contributed by atoms with Crippen LogP contribution in [0.1, 0.15) is 13.3 Å². The summed E-state index contributed by atoms with van der Waals surface area (Å²) in [5.74, 6) is -1.58. The molecule has 16 heavy (non-hydrogen) atoms. The highest BCUT2D eigenvalue weighted by Gasteiger charge is 2.27. The van der Waals surface area contributed by atoms with E-state index in [4.69, 9.17) is 4.74 Å². The maximum Gasteiger partial charge on any atom is 0.325 e. The van der Waals surface area contributed by atoms with Gasteiger partial charge in [-0.15, -0.1) is 0 Å². The van der Waals surface area contributed by atoms with Gasteiger partial charge in [0.15, 0.2) is 5.92 Å². The third-order valence-corrected chi connectivity index (χ3v) is 2.14. The fourth-order valence-corrected chi connectivity index (χ4v) is 1.25. The van der Waals surface area contributed by atoms with Crippen molar-refractivity contribution >= 4 is 11.9 Å². The quantitative estimate of drug-likeness (QED) is 0.443. The van der Waals surface area contributed by atoms with Crippen LogP contribution < -0.4 is 4.74 Å². The normalized spacial score (nSPS) is 11.6. The maximum atomic E-state index is 11.6. The zero-order valence-electron chi connectivity index (χ0n) is 9.30. The lowest BCUT2D eigenvalue weighted by Gasteiger charge is -2.11. The number of hydrogen-bond donors (Lipinski definition) is 0. The van der Waals surface area contributed by atoms with Gasteiger partial charge >= 0.3 is 11.9 Å². The van der Waals surface area contributed by atoms with Crippen LogP contribution in [0.3, 0.4) is 0 Å². The van der Waals surface area contributed by atoms with Gasteiger partial charge in [-0.1, -0.05) is 25.1 Å². The molecule has 1 aromatic rings. The van der Waals surface area contributed by atoms with Crippen molar-refractivity contribution in [1.82, 2.24) is 0 Å². The summed E-state index contributed by atoms with van der Waals surface area (Å²) in [4.78, 5) is 22.9. The average Bonchev–Trinajstić information content (AvgIpc) is 2.31. The van der Waals surface area contributed by atoms with Crippen molar-refractivity contribution in [3.05, 3.63) is 30.3 Å². The molecule has 0 aromatic heterocycles. The molecule has 0 saturated carbocycles. The third-order valence-electron chi connectivity index (χ3n) is 2.14. The highest BCUT2D eigenvalue weighted by Crippen LogP contribution is 2.13. The molecular formula is C12H14O4. The highest BCUT2D eigenvalue weighted by atomic mass is 16.6. The Balaban J connectivity index is 2.67. The molecule has 4 nitrogen and oxygen atoms in total. The van der Waals surface area contributed by atoms with E-state index in [9.17, 15) is 9.59 Å². The molecule has 0 radical (unpaired) electrons. The van der Waals surface area contributed by atoms with Gasteiger partial charge < -0.3 is 9.47 Å². The SMILES string of the molecule is CCC(C(=O)OC)C(=O)Oc1ccccc1. The summed E-state index contributed by atoms with van der Waals surface area (Å²) in [7, 11) is 1.25. The van der Waals surface area contributed by atoms with Crippen LogP contribution in [-0.4, -0.2) is 19.0 Å². The fourth-order valence-electron chi connectivity index (χ4n) is 1.25.